The standard InChI is InChI=1S/C23H19N7O/c1-29(2)19-13-6-4-10-16(19)20-27-21-15-9-3-5-11-17(15)25-23(30(21)28-20)26-18-12-7-8-14-24-22(18)31/h3-14H,1-2H3,(H,24,25,26,31). The fraction of sp³-hybridized carbons (Fsp3) is 0.0870. The lowest BCUT2D eigenvalue weighted by molar-refractivity contribution is 0.947. The van der Waals surface area contributed by atoms with E-state index < -0.39 is 0 Å². The molecule has 152 valence electrons. The first-order valence-corrected chi connectivity index (χ1v) is 9.76. The molecule has 5 aromatic rings. The van der Waals surface area contributed by atoms with Crippen molar-refractivity contribution in [1.29, 1.82) is 0 Å². The Bertz CT molecular complexity index is 1480. The number of nitrogens with zero attached hydrogens (tertiary/aromatic N) is 6. The van der Waals surface area contributed by atoms with Gasteiger partial charge in [-0.05, 0) is 36.4 Å². The van der Waals surface area contributed by atoms with Crippen LogP contribution in [-0.4, -0.2) is 38.7 Å². The number of nitrogens with one attached hydrogen (secondary N) is 1. The third-order valence-electron chi connectivity index (χ3n) is 4.93. The third-order valence-corrected chi connectivity index (χ3v) is 4.93. The Morgan fingerprint density at radius 3 is 2.55 bits per heavy atom. The first-order chi connectivity index (χ1) is 15.1. The van der Waals surface area contributed by atoms with Gasteiger partial charge in [0.2, 0.25) is 5.95 Å². The van der Waals surface area contributed by atoms with Gasteiger partial charge in [-0.2, -0.15) is 4.52 Å². The molecule has 0 atom stereocenters. The van der Waals surface area contributed by atoms with Crippen LogP contribution in [0, 0.1) is 0 Å². The highest BCUT2D eigenvalue weighted by Crippen LogP contribution is 2.30. The van der Waals surface area contributed by atoms with Gasteiger partial charge in [0.25, 0.3) is 5.56 Å². The molecule has 0 amide bonds. The molecule has 3 heterocycles. The Morgan fingerprint density at radius 2 is 1.68 bits per heavy atom. The molecule has 8 heteroatoms. The Hall–Kier alpha value is -4.33. The van der Waals surface area contributed by atoms with E-state index in [1.54, 1.807) is 22.7 Å². The van der Waals surface area contributed by atoms with Crippen molar-refractivity contribution in [3.63, 3.8) is 0 Å². The fourth-order valence-electron chi connectivity index (χ4n) is 3.47. The maximum Gasteiger partial charge on any atom is 0.293 e. The number of para-hydroxylation sites is 2. The van der Waals surface area contributed by atoms with Crippen molar-refractivity contribution in [3.8, 4) is 11.4 Å². The third kappa shape index (κ3) is 3.33. The van der Waals surface area contributed by atoms with Crippen molar-refractivity contribution in [2.75, 3.05) is 24.3 Å². The number of hydrogen-bond acceptors (Lipinski definition) is 7. The molecule has 3 aromatic heterocycles. The summed E-state index contributed by atoms with van der Waals surface area (Å²) in [5.74, 6) is 0.962. The molecule has 0 aliphatic rings. The molecule has 0 spiro atoms. The summed E-state index contributed by atoms with van der Waals surface area (Å²) in [6.07, 6.45) is 1.46. The van der Waals surface area contributed by atoms with Crippen LogP contribution in [0.3, 0.4) is 0 Å². The maximum absolute atomic E-state index is 12.3. The van der Waals surface area contributed by atoms with E-state index in [0.717, 1.165) is 22.2 Å². The van der Waals surface area contributed by atoms with Crippen molar-refractivity contribution < 1.29 is 0 Å². The molecule has 0 aliphatic heterocycles. The predicted molar refractivity (Wildman–Crippen MR) is 122 cm³/mol. The van der Waals surface area contributed by atoms with Gasteiger partial charge in [-0.25, -0.2) is 15.0 Å². The Morgan fingerprint density at radius 1 is 0.903 bits per heavy atom. The van der Waals surface area contributed by atoms with E-state index in [9.17, 15) is 4.79 Å². The molecule has 0 aliphatic carbocycles. The number of fused-ring (bicyclic) bond motifs is 3. The van der Waals surface area contributed by atoms with Crippen LogP contribution in [0.4, 0.5) is 17.3 Å². The van der Waals surface area contributed by atoms with Crippen LogP contribution in [0.25, 0.3) is 27.9 Å². The number of hydrogen-bond donors (Lipinski definition) is 1. The molecular formula is C23H19N7O. The summed E-state index contributed by atoms with van der Waals surface area (Å²) in [4.78, 5) is 27.7. The van der Waals surface area contributed by atoms with E-state index in [0.29, 0.717) is 23.1 Å². The lowest BCUT2D eigenvalue weighted by atomic mass is 10.1. The van der Waals surface area contributed by atoms with Gasteiger partial charge in [0.15, 0.2) is 11.5 Å². The molecule has 1 N–H and O–H groups in total. The second kappa shape index (κ2) is 7.49. The van der Waals surface area contributed by atoms with E-state index in [1.165, 1.54) is 6.20 Å². The van der Waals surface area contributed by atoms with Gasteiger partial charge in [-0.1, -0.05) is 30.3 Å². The largest absolute Gasteiger partial charge is 0.377 e. The minimum absolute atomic E-state index is 0.305. The molecule has 0 radical (unpaired) electrons. The Labute approximate surface area is 177 Å². The number of anilines is 3. The SMILES string of the molecule is CN(C)c1ccccc1-c1nc2c3ccccc3nc(Nc3ccccnc3=O)n2n1. The van der Waals surface area contributed by atoms with Crippen LogP contribution in [-0.2, 0) is 0 Å². The summed E-state index contributed by atoms with van der Waals surface area (Å²) >= 11 is 0. The molecule has 0 bridgehead atoms. The van der Waals surface area contributed by atoms with E-state index in [-0.39, 0.29) is 5.56 Å². The molecule has 5 rings (SSSR count). The molecule has 2 aromatic carbocycles. The van der Waals surface area contributed by atoms with Gasteiger partial charge in [-0.3, -0.25) is 4.79 Å². The van der Waals surface area contributed by atoms with E-state index >= 15 is 0 Å². The molecule has 0 saturated heterocycles. The van der Waals surface area contributed by atoms with Crippen molar-refractivity contribution >= 4 is 33.9 Å². The smallest absolute Gasteiger partial charge is 0.293 e. The van der Waals surface area contributed by atoms with Crippen LogP contribution < -0.4 is 15.8 Å². The quantitative estimate of drug-likeness (QED) is 0.486. The second-order valence-corrected chi connectivity index (χ2v) is 7.21. The molecule has 0 fully saturated rings. The first-order valence-electron chi connectivity index (χ1n) is 9.76. The normalized spacial score (nSPS) is 11.0. The Balaban J connectivity index is 1.77. The average molecular weight is 409 g/mol. The summed E-state index contributed by atoms with van der Waals surface area (Å²) in [7, 11) is 3.97. The summed E-state index contributed by atoms with van der Waals surface area (Å²) < 4.78 is 1.64. The molecular weight excluding hydrogens is 390 g/mol. The van der Waals surface area contributed by atoms with Gasteiger partial charge in [0.05, 0.1) is 5.52 Å². The van der Waals surface area contributed by atoms with Gasteiger partial charge >= 0.3 is 0 Å². The fourth-order valence-corrected chi connectivity index (χ4v) is 3.47. The lowest BCUT2D eigenvalue weighted by Crippen LogP contribution is -2.12. The van der Waals surface area contributed by atoms with E-state index in [1.807, 2.05) is 67.5 Å². The summed E-state index contributed by atoms with van der Waals surface area (Å²) in [6.45, 7) is 0. The predicted octanol–water partition coefficient (Wildman–Crippen LogP) is 3.51. The van der Waals surface area contributed by atoms with Crippen molar-refractivity contribution in [2.45, 2.75) is 0 Å². The molecule has 31 heavy (non-hydrogen) atoms. The van der Waals surface area contributed by atoms with Crippen LogP contribution in [0.2, 0.25) is 0 Å². The summed E-state index contributed by atoms with van der Waals surface area (Å²) in [5, 5.41) is 8.71. The number of aromatic nitrogens is 5. The first kappa shape index (κ1) is 18.7. The highest BCUT2D eigenvalue weighted by Gasteiger charge is 2.17. The van der Waals surface area contributed by atoms with Crippen molar-refractivity contribution in [1.82, 2.24) is 24.6 Å². The van der Waals surface area contributed by atoms with Crippen LogP contribution in [0.5, 0.6) is 0 Å². The minimum Gasteiger partial charge on any atom is -0.377 e. The number of rotatable bonds is 4. The van der Waals surface area contributed by atoms with Crippen molar-refractivity contribution in [3.05, 3.63) is 83.3 Å². The highest BCUT2D eigenvalue weighted by molar-refractivity contribution is 5.93. The van der Waals surface area contributed by atoms with Gasteiger partial charge in [0, 0.05) is 36.9 Å². The van der Waals surface area contributed by atoms with Crippen LogP contribution in [0.1, 0.15) is 0 Å². The van der Waals surface area contributed by atoms with Crippen molar-refractivity contribution in [2.24, 2.45) is 0 Å². The molecule has 0 saturated carbocycles. The van der Waals surface area contributed by atoms with E-state index in [2.05, 4.69) is 10.3 Å². The maximum atomic E-state index is 12.3. The average Bonchev–Trinajstić information content (AvgIpc) is 3.14. The number of benzene rings is 2. The highest BCUT2D eigenvalue weighted by atomic mass is 16.1. The summed E-state index contributed by atoms with van der Waals surface area (Å²) in [5.41, 5.74) is 3.23. The van der Waals surface area contributed by atoms with Crippen LogP contribution in [0.15, 0.2) is 77.7 Å². The molecule has 8 nitrogen and oxygen atoms in total. The second-order valence-electron chi connectivity index (χ2n) is 7.21. The zero-order chi connectivity index (χ0) is 21.4. The van der Waals surface area contributed by atoms with Crippen LogP contribution >= 0.6 is 0 Å². The summed E-state index contributed by atoms with van der Waals surface area (Å²) in [6, 6.07) is 20.8. The monoisotopic (exact) mass is 409 g/mol. The lowest BCUT2D eigenvalue weighted by Gasteiger charge is -2.15. The molecule has 0 unspecified atom stereocenters. The zero-order valence-electron chi connectivity index (χ0n) is 17.0. The Kier molecular flexibility index (Phi) is 4.51. The van der Waals surface area contributed by atoms with Gasteiger partial charge < -0.3 is 10.2 Å². The van der Waals surface area contributed by atoms with Gasteiger partial charge in [0.1, 0.15) is 5.69 Å². The minimum atomic E-state index is -0.383. The van der Waals surface area contributed by atoms with E-state index in [4.69, 9.17) is 15.1 Å². The topological polar surface area (TPSA) is 88.3 Å². The zero-order valence-corrected chi connectivity index (χ0v) is 17.0. The van der Waals surface area contributed by atoms with Gasteiger partial charge in [-0.15, -0.1) is 5.10 Å².